The molecule has 2 rings (SSSR count). The summed E-state index contributed by atoms with van der Waals surface area (Å²) in [5, 5.41) is 0. The van der Waals surface area contributed by atoms with Crippen LogP contribution in [0.25, 0.3) is 0 Å². The first-order valence-corrected chi connectivity index (χ1v) is 4.98. The van der Waals surface area contributed by atoms with Gasteiger partial charge in [0.25, 0.3) is 0 Å². The van der Waals surface area contributed by atoms with Crippen molar-refractivity contribution in [3.63, 3.8) is 0 Å². The number of halogens is 3. The minimum absolute atomic E-state index is 0.170. The van der Waals surface area contributed by atoms with Gasteiger partial charge in [-0.25, -0.2) is 13.2 Å². The second-order valence-electron chi connectivity index (χ2n) is 3.45. The van der Waals surface area contributed by atoms with Crippen molar-refractivity contribution < 1.29 is 17.9 Å². The van der Waals surface area contributed by atoms with Gasteiger partial charge in [0.05, 0.1) is 5.56 Å². The zero-order valence-electron chi connectivity index (χ0n) is 8.79. The molecule has 0 radical (unpaired) electrons. The minimum Gasteiger partial charge on any atom is -0.489 e. The Balaban J connectivity index is 2.13. The molecule has 0 saturated heterocycles. The maximum Gasteiger partial charge on any atom is 0.132 e. The van der Waals surface area contributed by atoms with E-state index in [1.54, 1.807) is 0 Å². The molecule has 0 aliphatic carbocycles. The molecule has 0 aliphatic rings. The fourth-order valence-electron chi connectivity index (χ4n) is 1.38. The van der Waals surface area contributed by atoms with Crippen molar-refractivity contribution in [1.82, 2.24) is 0 Å². The highest BCUT2D eigenvalue weighted by Crippen LogP contribution is 2.17. The molecule has 0 unspecified atom stereocenters. The standard InChI is InChI=1S/C13H9F3O/c14-9-3-1-4-10(7-9)17-8-11-12(15)5-2-6-13(11)16/h1-7H,8H2. The van der Waals surface area contributed by atoms with Gasteiger partial charge in [0, 0.05) is 6.07 Å². The molecule has 0 aromatic heterocycles. The molecule has 0 amide bonds. The molecule has 2 aromatic rings. The molecule has 1 nitrogen and oxygen atoms in total. The van der Waals surface area contributed by atoms with E-state index in [0.717, 1.165) is 18.2 Å². The first kappa shape index (κ1) is 11.5. The summed E-state index contributed by atoms with van der Waals surface area (Å²) in [6.07, 6.45) is 0. The zero-order valence-corrected chi connectivity index (χ0v) is 8.79. The van der Waals surface area contributed by atoms with Crippen molar-refractivity contribution in [2.75, 3.05) is 0 Å². The number of hydrogen-bond donors (Lipinski definition) is 0. The van der Waals surface area contributed by atoms with Crippen LogP contribution in [0.3, 0.4) is 0 Å². The summed E-state index contributed by atoms with van der Waals surface area (Å²) in [6, 6.07) is 8.95. The van der Waals surface area contributed by atoms with E-state index in [2.05, 4.69) is 0 Å². The van der Waals surface area contributed by atoms with E-state index in [0.29, 0.717) is 0 Å². The lowest BCUT2D eigenvalue weighted by Crippen LogP contribution is -2.01. The SMILES string of the molecule is Fc1cccc(OCc2c(F)cccc2F)c1. The number of hydrogen-bond acceptors (Lipinski definition) is 1. The maximum absolute atomic E-state index is 13.2. The summed E-state index contributed by atoms with van der Waals surface area (Å²) in [5.74, 6) is -1.59. The number of benzene rings is 2. The van der Waals surface area contributed by atoms with Gasteiger partial charge in [-0.05, 0) is 24.3 Å². The minimum atomic E-state index is -0.679. The summed E-state index contributed by atoms with van der Waals surface area (Å²) < 4.78 is 44.4. The predicted molar refractivity (Wildman–Crippen MR) is 57.1 cm³/mol. The Morgan fingerprint density at radius 3 is 2.18 bits per heavy atom. The lowest BCUT2D eigenvalue weighted by Gasteiger charge is -2.07. The smallest absolute Gasteiger partial charge is 0.132 e. The van der Waals surface area contributed by atoms with E-state index in [9.17, 15) is 13.2 Å². The third-order valence-electron chi connectivity index (χ3n) is 2.24. The molecule has 0 atom stereocenters. The zero-order chi connectivity index (χ0) is 12.3. The molecule has 0 N–H and O–H groups in total. The summed E-state index contributed by atoms with van der Waals surface area (Å²) in [7, 11) is 0. The summed E-state index contributed by atoms with van der Waals surface area (Å²) >= 11 is 0. The van der Waals surface area contributed by atoms with Crippen LogP contribution in [0.5, 0.6) is 5.75 Å². The van der Waals surface area contributed by atoms with Crippen LogP contribution in [0.2, 0.25) is 0 Å². The normalized spacial score (nSPS) is 10.3. The van der Waals surface area contributed by atoms with E-state index >= 15 is 0 Å². The Morgan fingerprint density at radius 2 is 1.53 bits per heavy atom. The molecule has 17 heavy (non-hydrogen) atoms. The van der Waals surface area contributed by atoms with Gasteiger partial charge < -0.3 is 4.74 Å². The van der Waals surface area contributed by atoms with Crippen molar-refractivity contribution in [2.45, 2.75) is 6.61 Å². The van der Waals surface area contributed by atoms with Gasteiger partial charge in [-0.3, -0.25) is 0 Å². The second-order valence-corrected chi connectivity index (χ2v) is 3.45. The van der Waals surface area contributed by atoms with E-state index in [4.69, 9.17) is 4.74 Å². The summed E-state index contributed by atoms with van der Waals surface area (Å²) in [5.41, 5.74) is -0.170. The molecular formula is C13H9F3O. The molecule has 0 spiro atoms. The van der Waals surface area contributed by atoms with Crippen LogP contribution in [-0.2, 0) is 6.61 Å². The van der Waals surface area contributed by atoms with Crippen molar-refractivity contribution in [3.05, 3.63) is 65.5 Å². The Kier molecular flexibility index (Phi) is 3.32. The highest BCUT2D eigenvalue weighted by Gasteiger charge is 2.08. The van der Waals surface area contributed by atoms with Crippen LogP contribution >= 0.6 is 0 Å². The molecule has 88 valence electrons. The highest BCUT2D eigenvalue weighted by molar-refractivity contribution is 5.24. The van der Waals surface area contributed by atoms with Crippen LogP contribution in [-0.4, -0.2) is 0 Å². The van der Waals surface area contributed by atoms with Gasteiger partial charge in [0.2, 0.25) is 0 Å². The summed E-state index contributed by atoms with van der Waals surface area (Å²) in [6.45, 7) is -0.276. The molecule has 4 heteroatoms. The number of rotatable bonds is 3. The average molecular weight is 238 g/mol. The van der Waals surface area contributed by atoms with Gasteiger partial charge in [-0.1, -0.05) is 12.1 Å². The lowest BCUT2D eigenvalue weighted by atomic mass is 10.2. The Bertz CT molecular complexity index is 506. The van der Waals surface area contributed by atoms with Gasteiger partial charge in [0.1, 0.15) is 29.8 Å². The quantitative estimate of drug-likeness (QED) is 0.792. The third kappa shape index (κ3) is 2.78. The van der Waals surface area contributed by atoms with E-state index in [1.165, 1.54) is 24.3 Å². The van der Waals surface area contributed by atoms with Crippen molar-refractivity contribution >= 4 is 0 Å². The molecule has 2 aromatic carbocycles. The van der Waals surface area contributed by atoms with Crippen LogP contribution in [0, 0.1) is 17.5 Å². The Morgan fingerprint density at radius 1 is 0.882 bits per heavy atom. The van der Waals surface area contributed by atoms with Crippen molar-refractivity contribution in [3.8, 4) is 5.75 Å². The van der Waals surface area contributed by atoms with Gasteiger partial charge >= 0.3 is 0 Å². The average Bonchev–Trinajstić information content (AvgIpc) is 2.28. The predicted octanol–water partition coefficient (Wildman–Crippen LogP) is 3.68. The van der Waals surface area contributed by atoms with E-state index < -0.39 is 17.5 Å². The fraction of sp³-hybridized carbons (Fsp3) is 0.0769. The van der Waals surface area contributed by atoms with Gasteiger partial charge in [-0.2, -0.15) is 0 Å². The topological polar surface area (TPSA) is 9.23 Å². The van der Waals surface area contributed by atoms with Crippen molar-refractivity contribution in [1.29, 1.82) is 0 Å². The van der Waals surface area contributed by atoms with Crippen LogP contribution in [0.1, 0.15) is 5.56 Å². The number of ether oxygens (including phenoxy) is 1. The molecule has 0 bridgehead atoms. The van der Waals surface area contributed by atoms with Gasteiger partial charge in [-0.15, -0.1) is 0 Å². The molecule has 0 saturated carbocycles. The first-order valence-electron chi connectivity index (χ1n) is 4.98. The van der Waals surface area contributed by atoms with Crippen LogP contribution in [0.15, 0.2) is 42.5 Å². The molecule has 0 aliphatic heterocycles. The van der Waals surface area contributed by atoms with E-state index in [-0.39, 0.29) is 17.9 Å². The first-order chi connectivity index (χ1) is 8.16. The Labute approximate surface area is 96.5 Å². The molecule has 0 fully saturated rings. The van der Waals surface area contributed by atoms with Crippen LogP contribution in [0.4, 0.5) is 13.2 Å². The molecular weight excluding hydrogens is 229 g/mol. The van der Waals surface area contributed by atoms with E-state index in [1.807, 2.05) is 0 Å². The van der Waals surface area contributed by atoms with Crippen LogP contribution < -0.4 is 4.74 Å². The highest BCUT2D eigenvalue weighted by atomic mass is 19.1. The fourth-order valence-corrected chi connectivity index (χ4v) is 1.38. The molecule has 0 heterocycles. The lowest BCUT2D eigenvalue weighted by molar-refractivity contribution is 0.291. The van der Waals surface area contributed by atoms with Gasteiger partial charge in [0.15, 0.2) is 0 Å². The monoisotopic (exact) mass is 238 g/mol. The third-order valence-corrected chi connectivity index (χ3v) is 2.24. The summed E-state index contributed by atoms with van der Waals surface area (Å²) in [4.78, 5) is 0. The van der Waals surface area contributed by atoms with Crippen molar-refractivity contribution in [2.24, 2.45) is 0 Å². The maximum atomic E-state index is 13.2. The Hall–Kier alpha value is -1.97. The second kappa shape index (κ2) is 4.91. The largest absolute Gasteiger partial charge is 0.489 e.